The summed E-state index contributed by atoms with van der Waals surface area (Å²) in [5.74, 6) is 0. The number of aromatic nitrogens is 2. The largest absolute Gasteiger partial charge is 0.254 e. The summed E-state index contributed by atoms with van der Waals surface area (Å²) in [4.78, 5) is 9.85. The van der Waals surface area contributed by atoms with Crippen LogP contribution in [0.15, 0.2) is 146 Å². The average Bonchev–Trinajstić information content (AvgIpc) is 3.42. The first kappa shape index (κ1) is 23.7. The molecule has 1 aliphatic carbocycles. The van der Waals surface area contributed by atoms with Crippen LogP contribution in [0.4, 0.5) is 0 Å². The fourth-order valence-corrected chi connectivity index (χ4v) is 7.42. The van der Waals surface area contributed by atoms with Gasteiger partial charge in [-0.05, 0) is 90.0 Å². The minimum absolute atomic E-state index is 0.938. The summed E-state index contributed by atoms with van der Waals surface area (Å²) in [5, 5.41) is 9.86. The zero-order chi connectivity index (χ0) is 28.8. The highest BCUT2D eigenvalue weighted by Gasteiger charge is 2.22. The third-order valence-electron chi connectivity index (χ3n) is 9.43. The van der Waals surface area contributed by atoms with E-state index in [2.05, 4.69) is 138 Å². The van der Waals surface area contributed by atoms with E-state index in [0.717, 1.165) is 33.1 Å². The molecule has 0 spiro atoms. The molecule has 2 nitrogen and oxygen atoms in total. The average molecular weight is 557 g/mol. The number of rotatable bonds is 2. The maximum Gasteiger partial charge on any atom is 0.0972 e. The van der Waals surface area contributed by atoms with Gasteiger partial charge in [0.2, 0.25) is 0 Å². The summed E-state index contributed by atoms with van der Waals surface area (Å²) >= 11 is 0. The standard InChI is InChI=1S/C42H24N2/c1-2-9-31-30(8-1)29(19-20-34(31)39-21-18-26-15-14-25-7-6-22-43-41(25)42(26)44-39)27-16-17-28-24-38-33-11-4-3-10-32(33)35-12-5-13-36(40(35)38)37(28)23-27/h1-24H. The molecule has 0 aliphatic heterocycles. The minimum atomic E-state index is 0.938. The van der Waals surface area contributed by atoms with Crippen LogP contribution < -0.4 is 0 Å². The first-order chi connectivity index (χ1) is 21.8. The Bertz CT molecular complexity index is 2670. The lowest BCUT2D eigenvalue weighted by Gasteiger charge is -2.14. The van der Waals surface area contributed by atoms with Gasteiger partial charge in [-0.3, -0.25) is 4.98 Å². The van der Waals surface area contributed by atoms with E-state index in [-0.39, 0.29) is 0 Å². The Hall–Kier alpha value is -5.86. The number of fused-ring (bicyclic) bond motifs is 9. The van der Waals surface area contributed by atoms with Crippen molar-refractivity contribution in [1.29, 1.82) is 0 Å². The summed E-state index contributed by atoms with van der Waals surface area (Å²) in [6.45, 7) is 0. The van der Waals surface area contributed by atoms with Gasteiger partial charge < -0.3 is 0 Å². The van der Waals surface area contributed by atoms with Gasteiger partial charge in [0.1, 0.15) is 0 Å². The van der Waals surface area contributed by atoms with Gasteiger partial charge in [0.05, 0.1) is 16.7 Å². The Morgan fingerprint density at radius 3 is 1.93 bits per heavy atom. The van der Waals surface area contributed by atoms with Crippen LogP contribution in [-0.2, 0) is 0 Å². The maximum atomic E-state index is 5.18. The van der Waals surface area contributed by atoms with E-state index >= 15 is 0 Å². The van der Waals surface area contributed by atoms with Gasteiger partial charge in [0.15, 0.2) is 0 Å². The fourth-order valence-electron chi connectivity index (χ4n) is 7.42. The lowest BCUT2D eigenvalue weighted by molar-refractivity contribution is 1.37. The molecule has 0 atom stereocenters. The number of benzene rings is 7. The maximum absolute atomic E-state index is 5.18. The zero-order valence-corrected chi connectivity index (χ0v) is 23.8. The van der Waals surface area contributed by atoms with Crippen LogP contribution >= 0.6 is 0 Å². The summed E-state index contributed by atoms with van der Waals surface area (Å²) in [7, 11) is 0. The lowest BCUT2D eigenvalue weighted by atomic mass is 9.90. The van der Waals surface area contributed by atoms with E-state index in [1.54, 1.807) is 0 Å². The quantitative estimate of drug-likeness (QED) is 0.198. The van der Waals surface area contributed by atoms with Gasteiger partial charge in [0, 0.05) is 22.5 Å². The van der Waals surface area contributed by atoms with Crippen LogP contribution in [0.5, 0.6) is 0 Å². The van der Waals surface area contributed by atoms with Crippen molar-refractivity contribution < 1.29 is 0 Å². The van der Waals surface area contributed by atoms with Gasteiger partial charge in [-0.1, -0.05) is 115 Å². The highest BCUT2D eigenvalue weighted by atomic mass is 14.8. The molecule has 202 valence electrons. The molecule has 0 saturated carbocycles. The molecule has 1 aliphatic rings. The number of hydrogen-bond acceptors (Lipinski definition) is 2. The van der Waals surface area contributed by atoms with Crippen LogP contribution in [-0.4, -0.2) is 9.97 Å². The molecule has 0 amide bonds. The van der Waals surface area contributed by atoms with E-state index < -0.39 is 0 Å². The summed E-state index contributed by atoms with van der Waals surface area (Å²) < 4.78 is 0. The van der Waals surface area contributed by atoms with Gasteiger partial charge in [0.25, 0.3) is 0 Å². The van der Waals surface area contributed by atoms with Crippen molar-refractivity contribution in [2.45, 2.75) is 0 Å². The lowest BCUT2D eigenvalue weighted by Crippen LogP contribution is -1.91. The van der Waals surface area contributed by atoms with E-state index in [0.29, 0.717) is 0 Å². The van der Waals surface area contributed by atoms with Crippen molar-refractivity contribution in [1.82, 2.24) is 9.97 Å². The number of nitrogens with zero attached hydrogens (tertiary/aromatic N) is 2. The van der Waals surface area contributed by atoms with Crippen molar-refractivity contribution in [2.75, 3.05) is 0 Å². The second-order valence-corrected chi connectivity index (χ2v) is 11.7. The van der Waals surface area contributed by atoms with Gasteiger partial charge in [-0.15, -0.1) is 0 Å². The first-order valence-corrected chi connectivity index (χ1v) is 15.1. The van der Waals surface area contributed by atoms with Crippen molar-refractivity contribution >= 4 is 54.1 Å². The normalized spacial score (nSPS) is 12.1. The van der Waals surface area contributed by atoms with Crippen molar-refractivity contribution in [3.05, 3.63) is 146 Å². The van der Waals surface area contributed by atoms with Crippen molar-refractivity contribution in [2.24, 2.45) is 0 Å². The number of pyridine rings is 2. The topological polar surface area (TPSA) is 25.8 Å². The molecule has 10 rings (SSSR count). The predicted molar refractivity (Wildman–Crippen MR) is 185 cm³/mol. The fraction of sp³-hybridized carbons (Fsp3) is 0. The molecule has 0 N–H and O–H groups in total. The second-order valence-electron chi connectivity index (χ2n) is 11.7. The van der Waals surface area contributed by atoms with Gasteiger partial charge in [-0.25, -0.2) is 4.98 Å². The van der Waals surface area contributed by atoms with Gasteiger partial charge in [-0.2, -0.15) is 0 Å². The summed E-state index contributed by atoms with van der Waals surface area (Å²) in [5.41, 5.74) is 11.7. The highest BCUT2D eigenvalue weighted by molar-refractivity contribution is 6.24. The monoisotopic (exact) mass is 556 g/mol. The van der Waals surface area contributed by atoms with E-state index in [9.17, 15) is 0 Å². The molecule has 44 heavy (non-hydrogen) atoms. The smallest absolute Gasteiger partial charge is 0.0972 e. The third-order valence-corrected chi connectivity index (χ3v) is 9.43. The van der Waals surface area contributed by atoms with E-state index in [4.69, 9.17) is 4.98 Å². The van der Waals surface area contributed by atoms with Crippen LogP contribution in [0.1, 0.15) is 0 Å². The molecule has 0 bridgehead atoms. The molecule has 7 aromatic carbocycles. The molecular weight excluding hydrogens is 532 g/mol. The van der Waals surface area contributed by atoms with Crippen molar-refractivity contribution in [3.8, 4) is 44.6 Å². The van der Waals surface area contributed by atoms with Crippen LogP contribution in [0.2, 0.25) is 0 Å². The number of hydrogen-bond donors (Lipinski definition) is 0. The zero-order valence-electron chi connectivity index (χ0n) is 23.8. The Kier molecular flexibility index (Phi) is 4.75. The first-order valence-electron chi connectivity index (χ1n) is 15.1. The molecule has 0 radical (unpaired) electrons. The summed E-state index contributed by atoms with van der Waals surface area (Å²) in [6.07, 6.45) is 1.85. The summed E-state index contributed by atoms with van der Waals surface area (Å²) in [6, 6.07) is 50.7. The predicted octanol–water partition coefficient (Wildman–Crippen LogP) is 11.2. The van der Waals surface area contributed by atoms with E-state index in [1.165, 1.54) is 65.7 Å². The molecule has 9 aromatic rings. The van der Waals surface area contributed by atoms with Gasteiger partial charge >= 0.3 is 0 Å². The second kappa shape index (κ2) is 8.82. The van der Waals surface area contributed by atoms with Crippen molar-refractivity contribution in [3.63, 3.8) is 0 Å². The third kappa shape index (κ3) is 3.25. The molecule has 0 fully saturated rings. The Morgan fingerprint density at radius 1 is 0.364 bits per heavy atom. The molecular formula is C42H24N2. The van der Waals surface area contributed by atoms with Crippen LogP contribution in [0.25, 0.3) is 98.8 Å². The Balaban J connectivity index is 1.18. The highest BCUT2D eigenvalue weighted by Crippen LogP contribution is 2.49. The SMILES string of the molecule is c1ccc2c(c1)-c1cccc3c1c-2cc1ccc(-c2ccc(-c4ccc5ccc6cccnc6c5n4)c4ccccc24)cc13. The minimum Gasteiger partial charge on any atom is -0.254 e. The molecule has 0 unspecified atom stereocenters. The molecule has 2 heterocycles. The Morgan fingerprint density at radius 2 is 1.05 bits per heavy atom. The van der Waals surface area contributed by atoms with Crippen LogP contribution in [0, 0.1) is 0 Å². The van der Waals surface area contributed by atoms with E-state index in [1.807, 2.05) is 12.3 Å². The molecule has 2 aromatic heterocycles. The molecule has 0 saturated heterocycles. The van der Waals surface area contributed by atoms with Crippen LogP contribution in [0.3, 0.4) is 0 Å². The Labute approximate surface area is 253 Å². The molecule has 2 heteroatoms.